The first-order valence-corrected chi connectivity index (χ1v) is 7.13. The van der Waals surface area contributed by atoms with E-state index in [1.807, 2.05) is 37.1 Å². The van der Waals surface area contributed by atoms with Crippen LogP contribution in [0.3, 0.4) is 0 Å². The number of nitrogens with zero attached hydrogens (tertiary/aromatic N) is 1. The van der Waals surface area contributed by atoms with Crippen molar-refractivity contribution in [3.8, 4) is 5.75 Å². The van der Waals surface area contributed by atoms with E-state index < -0.39 is 0 Å². The molecule has 0 unspecified atom stereocenters. The third-order valence-corrected chi connectivity index (χ3v) is 3.67. The summed E-state index contributed by atoms with van der Waals surface area (Å²) < 4.78 is 5.17. The van der Waals surface area contributed by atoms with Crippen molar-refractivity contribution in [1.29, 1.82) is 0 Å². The van der Waals surface area contributed by atoms with Gasteiger partial charge in [-0.15, -0.1) is 0 Å². The number of halogens is 1. The summed E-state index contributed by atoms with van der Waals surface area (Å²) >= 11 is 6.19. The number of carbonyl (C=O) groups is 1. The van der Waals surface area contributed by atoms with E-state index in [1.165, 1.54) is 6.08 Å². The van der Waals surface area contributed by atoms with Crippen molar-refractivity contribution in [3.05, 3.63) is 72.7 Å². The van der Waals surface area contributed by atoms with Gasteiger partial charge in [-0.05, 0) is 56.0 Å². The van der Waals surface area contributed by atoms with Gasteiger partial charge in [0.2, 0.25) is 0 Å². The molecule has 0 amide bonds. The molecule has 1 aliphatic carbocycles. The summed E-state index contributed by atoms with van der Waals surface area (Å²) in [7, 11) is 1.61. The average Bonchev–Trinajstić information content (AvgIpc) is 3.06. The molecule has 1 aromatic carbocycles. The first kappa shape index (κ1) is 15.0. The van der Waals surface area contributed by atoms with E-state index in [9.17, 15) is 4.79 Å². The molecule has 109 valence electrons. The quantitative estimate of drug-likeness (QED) is 0.635. The standard InChI is InChI=1S/C18H13ClNO2/c1-22-15-8-6-13-10-14(18(19)20-16(13)11-15)7-9-17(21)12-4-2-3-5-12/h2-11H,1H3/b9-7+. The predicted molar refractivity (Wildman–Crippen MR) is 87.8 cm³/mol. The molecular weight excluding hydrogens is 298 g/mol. The Morgan fingerprint density at radius 2 is 2.00 bits per heavy atom. The van der Waals surface area contributed by atoms with Crippen LogP contribution in [-0.4, -0.2) is 17.9 Å². The molecule has 0 saturated heterocycles. The van der Waals surface area contributed by atoms with Gasteiger partial charge in [0, 0.05) is 17.0 Å². The second kappa shape index (κ2) is 6.49. The minimum atomic E-state index is -0.0594. The molecule has 0 aliphatic heterocycles. The minimum absolute atomic E-state index is 0.0594. The number of ether oxygens (including phenoxy) is 1. The number of fused-ring (bicyclic) bond motifs is 1. The normalized spacial score (nSPS) is 15.7. The number of hydrogen-bond donors (Lipinski definition) is 0. The highest BCUT2D eigenvalue weighted by Crippen LogP contribution is 2.27. The van der Waals surface area contributed by atoms with Crippen LogP contribution >= 0.6 is 11.6 Å². The number of pyridine rings is 1. The monoisotopic (exact) mass is 310 g/mol. The van der Waals surface area contributed by atoms with Gasteiger partial charge in [0.1, 0.15) is 10.9 Å². The van der Waals surface area contributed by atoms with Crippen LogP contribution in [-0.2, 0) is 4.79 Å². The van der Waals surface area contributed by atoms with Crippen molar-refractivity contribution in [1.82, 2.24) is 4.98 Å². The Morgan fingerprint density at radius 1 is 1.23 bits per heavy atom. The molecule has 0 bridgehead atoms. The topological polar surface area (TPSA) is 39.2 Å². The van der Waals surface area contributed by atoms with Crippen LogP contribution in [0.15, 0.2) is 30.3 Å². The van der Waals surface area contributed by atoms with Crippen LogP contribution in [0.25, 0.3) is 17.0 Å². The van der Waals surface area contributed by atoms with E-state index in [1.54, 1.807) is 26.0 Å². The fraction of sp³-hybridized carbons (Fsp3) is 0.0556. The van der Waals surface area contributed by atoms with Gasteiger partial charge in [0.05, 0.1) is 18.5 Å². The van der Waals surface area contributed by atoms with Crippen molar-refractivity contribution in [2.75, 3.05) is 7.11 Å². The van der Waals surface area contributed by atoms with Crippen LogP contribution in [0.1, 0.15) is 5.56 Å². The molecule has 1 heterocycles. The summed E-state index contributed by atoms with van der Waals surface area (Å²) in [5, 5.41) is 1.29. The molecule has 1 saturated carbocycles. The van der Waals surface area contributed by atoms with Crippen LogP contribution in [0, 0.1) is 31.6 Å². The Hall–Kier alpha value is -1.87. The summed E-state index contributed by atoms with van der Waals surface area (Å²) in [6.45, 7) is 0. The molecular formula is C18H13ClNO2. The highest BCUT2D eigenvalue weighted by atomic mass is 35.5. The zero-order valence-electron chi connectivity index (χ0n) is 11.9. The SMILES string of the molecule is COc1ccc2cc(/C=C/C(=O)[C]3[CH][CH][CH][CH]3)c(Cl)nc2c1. The maximum atomic E-state index is 12.0. The number of methoxy groups -OCH3 is 1. The van der Waals surface area contributed by atoms with Crippen LogP contribution in [0.4, 0.5) is 0 Å². The number of allylic oxidation sites excluding steroid dienone is 1. The molecule has 1 aromatic heterocycles. The second-order valence-electron chi connectivity index (χ2n) is 4.80. The Kier molecular flexibility index (Phi) is 4.44. The average molecular weight is 311 g/mol. The summed E-state index contributed by atoms with van der Waals surface area (Å²) in [4.78, 5) is 16.3. The van der Waals surface area contributed by atoms with Crippen molar-refractivity contribution in [2.24, 2.45) is 0 Å². The highest BCUT2D eigenvalue weighted by molar-refractivity contribution is 6.31. The van der Waals surface area contributed by atoms with Gasteiger partial charge in [-0.1, -0.05) is 11.6 Å². The molecule has 3 rings (SSSR count). The molecule has 2 aromatic rings. The first-order valence-electron chi connectivity index (χ1n) is 6.76. The van der Waals surface area contributed by atoms with Gasteiger partial charge in [0.25, 0.3) is 0 Å². The fourth-order valence-electron chi connectivity index (χ4n) is 2.18. The van der Waals surface area contributed by atoms with Crippen molar-refractivity contribution in [2.45, 2.75) is 0 Å². The third-order valence-electron chi connectivity index (χ3n) is 3.37. The summed E-state index contributed by atoms with van der Waals surface area (Å²) in [6, 6.07) is 7.50. The largest absolute Gasteiger partial charge is 0.497 e. The molecule has 0 N–H and O–H groups in total. The Balaban J connectivity index is 1.87. The van der Waals surface area contributed by atoms with E-state index in [-0.39, 0.29) is 5.78 Å². The molecule has 5 radical (unpaired) electrons. The number of aromatic nitrogens is 1. The molecule has 0 spiro atoms. The Morgan fingerprint density at radius 3 is 2.73 bits per heavy atom. The van der Waals surface area contributed by atoms with E-state index in [0.717, 1.165) is 16.7 Å². The lowest BCUT2D eigenvalue weighted by Crippen LogP contribution is -2.05. The van der Waals surface area contributed by atoms with Crippen molar-refractivity contribution >= 4 is 34.4 Å². The minimum Gasteiger partial charge on any atom is -0.497 e. The Bertz CT molecular complexity index is 733. The zero-order valence-corrected chi connectivity index (χ0v) is 12.7. The van der Waals surface area contributed by atoms with E-state index in [0.29, 0.717) is 16.6 Å². The third kappa shape index (κ3) is 3.14. The second-order valence-corrected chi connectivity index (χ2v) is 5.16. The van der Waals surface area contributed by atoms with Gasteiger partial charge < -0.3 is 4.74 Å². The molecule has 1 fully saturated rings. The zero-order chi connectivity index (χ0) is 15.5. The number of rotatable bonds is 4. The van der Waals surface area contributed by atoms with Gasteiger partial charge in [0.15, 0.2) is 5.78 Å². The van der Waals surface area contributed by atoms with Gasteiger partial charge in [-0.3, -0.25) is 4.79 Å². The van der Waals surface area contributed by atoms with Crippen LogP contribution in [0.5, 0.6) is 5.75 Å². The number of benzene rings is 1. The molecule has 4 heteroatoms. The fourth-order valence-corrected chi connectivity index (χ4v) is 2.39. The van der Waals surface area contributed by atoms with E-state index in [4.69, 9.17) is 16.3 Å². The van der Waals surface area contributed by atoms with Gasteiger partial charge >= 0.3 is 0 Å². The Labute approximate surface area is 135 Å². The molecule has 1 aliphatic rings. The van der Waals surface area contributed by atoms with Crippen LogP contribution < -0.4 is 4.74 Å². The van der Waals surface area contributed by atoms with Gasteiger partial charge in [-0.25, -0.2) is 4.98 Å². The summed E-state index contributed by atoms with van der Waals surface area (Å²) in [5.74, 6) is 1.33. The first-order chi connectivity index (χ1) is 10.7. The lowest BCUT2D eigenvalue weighted by atomic mass is 10.0. The smallest absolute Gasteiger partial charge is 0.163 e. The van der Waals surface area contributed by atoms with Crippen molar-refractivity contribution < 1.29 is 9.53 Å². The maximum Gasteiger partial charge on any atom is 0.163 e. The number of carbonyl (C=O) groups excluding carboxylic acids is 1. The van der Waals surface area contributed by atoms with Crippen LogP contribution in [0.2, 0.25) is 5.15 Å². The summed E-state index contributed by atoms with van der Waals surface area (Å²) in [5.41, 5.74) is 1.46. The van der Waals surface area contributed by atoms with Gasteiger partial charge in [-0.2, -0.15) is 0 Å². The van der Waals surface area contributed by atoms with Crippen molar-refractivity contribution in [3.63, 3.8) is 0 Å². The molecule has 22 heavy (non-hydrogen) atoms. The lowest BCUT2D eigenvalue weighted by molar-refractivity contribution is -0.112. The lowest BCUT2D eigenvalue weighted by Gasteiger charge is -2.05. The number of hydrogen-bond acceptors (Lipinski definition) is 3. The number of ketones is 1. The highest BCUT2D eigenvalue weighted by Gasteiger charge is 2.22. The maximum absolute atomic E-state index is 12.0. The van der Waals surface area contributed by atoms with E-state index in [2.05, 4.69) is 4.98 Å². The van der Waals surface area contributed by atoms with E-state index >= 15 is 0 Å². The molecule has 0 atom stereocenters. The predicted octanol–water partition coefficient (Wildman–Crippen LogP) is 3.88. The molecule has 3 nitrogen and oxygen atoms in total. The summed E-state index contributed by atoms with van der Waals surface area (Å²) in [6.07, 6.45) is 10.4.